The van der Waals surface area contributed by atoms with Crippen molar-refractivity contribution in [2.24, 2.45) is 0 Å². The normalized spacial score (nSPS) is 12.3. The molecule has 0 radical (unpaired) electrons. The molecule has 26 heavy (non-hydrogen) atoms. The molecule has 0 fully saturated rings. The molecule has 5 nitrogen and oxygen atoms in total. The molecule has 1 aromatic heterocycles. The molecule has 0 spiro atoms. The molecule has 0 aliphatic carbocycles. The number of fused-ring (bicyclic) bond motifs is 1. The number of hydrogen-bond donors (Lipinski definition) is 2. The van der Waals surface area contributed by atoms with Crippen LogP contribution in [0.3, 0.4) is 0 Å². The summed E-state index contributed by atoms with van der Waals surface area (Å²) in [6.45, 7) is 1.21. The molecule has 1 atom stereocenters. The van der Waals surface area contributed by atoms with E-state index >= 15 is 0 Å². The van der Waals surface area contributed by atoms with Crippen molar-refractivity contribution in [2.45, 2.75) is 26.3 Å². The lowest BCUT2D eigenvalue weighted by Crippen LogP contribution is -2.32. The van der Waals surface area contributed by atoms with Gasteiger partial charge in [0.05, 0.1) is 11.0 Å². The van der Waals surface area contributed by atoms with Gasteiger partial charge in [0.2, 0.25) is 0 Å². The molecule has 3 aromatic rings. The zero-order valence-corrected chi connectivity index (χ0v) is 14.5. The van der Waals surface area contributed by atoms with Crippen LogP contribution in [0.15, 0.2) is 48.5 Å². The molecule has 2 N–H and O–H groups in total. The summed E-state index contributed by atoms with van der Waals surface area (Å²) in [6, 6.07) is 13.8. The van der Waals surface area contributed by atoms with Gasteiger partial charge in [-0.1, -0.05) is 36.8 Å². The van der Waals surface area contributed by atoms with Gasteiger partial charge in [-0.3, -0.25) is 4.57 Å². The number of nitrogens with one attached hydrogen (secondary N) is 2. The van der Waals surface area contributed by atoms with Crippen molar-refractivity contribution in [1.29, 1.82) is 0 Å². The van der Waals surface area contributed by atoms with Gasteiger partial charge in [0.25, 0.3) is 0 Å². The van der Waals surface area contributed by atoms with Gasteiger partial charge in [-0.05, 0) is 31.2 Å². The molecule has 2 amide bonds. The standard InChI is InChI=1S/C19H20F2N4O/c1-12-7-9-14(10-8-12)23-19(26)22-11-13(2)17-24-15-5-3-4-6-16(15)25(17)18(20)21/h3-10,13,18H,11H2,1-2H3,(H2,22,23,26). The van der Waals surface area contributed by atoms with E-state index in [9.17, 15) is 13.6 Å². The predicted octanol–water partition coefficient (Wildman–Crippen LogP) is 4.67. The molecule has 0 bridgehead atoms. The third-order valence-electron chi connectivity index (χ3n) is 4.14. The van der Waals surface area contributed by atoms with Crippen LogP contribution in [0.2, 0.25) is 0 Å². The molecule has 0 saturated carbocycles. The zero-order valence-electron chi connectivity index (χ0n) is 14.5. The lowest BCUT2D eigenvalue weighted by Gasteiger charge is -2.15. The maximum atomic E-state index is 13.5. The number of alkyl halides is 2. The van der Waals surface area contributed by atoms with Crippen molar-refractivity contribution in [3.8, 4) is 0 Å². The number of aromatic nitrogens is 2. The second-order valence-corrected chi connectivity index (χ2v) is 6.21. The highest BCUT2D eigenvalue weighted by Gasteiger charge is 2.22. The van der Waals surface area contributed by atoms with Gasteiger partial charge >= 0.3 is 12.6 Å². The van der Waals surface area contributed by atoms with Crippen LogP contribution in [0.25, 0.3) is 11.0 Å². The SMILES string of the molecule is Cc1ccc(NC(=O)NCC(C)c2nc3ccccc3n2C(F)F)cc1. The van der Waals surface area contributed by atoms with Gasteiger partial charge in [-0.2, -0.15) is 8.78 Å². The molecule has 1 unspecified atom stereocenters. The summed E-state index contributed by atoms with van der Waals surface area (Å²) in [7, 11) is 0. The maximum Gasteiger partial charge on any atom is 0.320 e. The Hall–Kier alpha value is -2.96. The van der Waals surface area contributed by atoms with E-state index in [2.05, 4.69) is 15.6 Å². The fraction of sp³-hybridized carbons (Fsp3) is 0.263. The molecule has 0 aliphatic rings. The van der Waals surface area contributed by atoms with E-state index in [1.165, 1.54) is 0 Å². The minimum atomic E-state index is -2.69. The van der Waals surface area contributed by atoms with Crippen molar-refractivity contribution in [3.05, 3.63) is 59.9 Å². The number of carbonyl (C=O) groups excluding carboxylic acids is 1. The number of rotatable bonds is 5. The first-order valence-corrected chi connectivity index (χ1v) is 8.32. The molecule has 1 heterocycles. The second-order valence-electron chi connectivity index (χ2n) is 6.21. The third kappa shape index (κ3) is 3.82. The number of benzene rings is 2. The summed E-state index contributed by atoms with van der Waals surface area (Å²) in [5.74, 6) is -0.128. The van der Waals surface area contributed by atoms with E-state index in [-0.39, 0.29) is 24.3 Å². The van der Waals surface area contributed by atoms with Gasteiger partial charge in [0.1, 0.15) is 5.82 Å². The Bertz CT molecular complexity index is 906. The Morgan fingerprint density at radius 3 is 2.54 bits per heavy atom. The van der Waals surface area contributed by atoms with E-state index in [0.717, 1.165) is 10.1 Å². The van der Waals surface area contributed by atoms with Gasteiger partial charge < -0.3 is 10.6 Å². The Labute approximate surface area is 150 Å². The molecular formula is C19H20F2N4O. The largest absolute Gasteiger partial charge is 0.337 e. The van der Waals surface area contributed by atoms with Gasteiger partial charge in [-0.25, -0.2) is 9.78 Å². The van der Waals surface area contributed by atoms with Crippen molar-refractivity contribution in [1.82, 2.24) is 14.9 Å². The average molecular weight is 358 g/mol. The Kier molecular flexibility index (Phi) is 5.16. The number of anilines is 1. The van der Waals surface area contributed by atoms with Gasteiger partial charge in [0.15, 0.2) is 0 Å². The lowest BCUT2D eigenvalue weighted by molar-refractivity contribution is 0.0705. The summed E-state index contributed by atoms with van der Waals surface area (Å²) >= 11 is 0. The topological polar surface area (TPSA) is 59.0 Å². The monoisotopic (exact) mass is 358 g/mol. The molecule has 0 aliphatic heterocycles. The Morgan fingerprint density at radius 2 is 1.85 bits per heavy atom. The van der Waals surface area contributed by atoms with Crippen LogP contribution in [-0.2, 0) is 0 Å². The number of imidazole rings is 1. The number of nitrogens with zero attached hydrogens (tertiary/aromatic N) is 2. The first-order chi connectivity index (χ1) is 12.5. The molecular weight excluding hydrogens is 338 g/mol. The summed E-state index contributed by atoms with van der Waals surface area (Å²) in [4.78, 5) is 16.3. The zero-order chi connectivity index (χ0) is 18.7. The van der Waals surface area contributed by atoms with E-state index in [1.54, 1.807) is 43.3 Å². The highest BCUT2D eigenvalue weighted by atomic mass is 19.3. The van der Waals surface area contributed by atoms with Crippen LogP contribution >= 0.6 is 0 Å². The first kappa shape index (κ1) is 17.8. The lowest BCUT2D eigenvalue weighted by atomic mass is 10.1. The van der Waals surface area contributed by atoms with Crippen LogP contribution in [0.4, 0.5) is 19.3 Å². The molecule has 0 saturated heterocycles. The summed E-state index contributed by atoms with van der Waals surface area (Å²) in [5, 5.41) is 5.42. The van der Waals surface area contributed by atoms with Crippen LogP contribution in [0.5, 0.6) is 0 Å². The predicted molar refractivity (Wildman–Crippen MR) is 97.6 cm³/mol. The maximum absolute atomic E-state index is 13.5. The first-order valence-electron chi connectivity index (χ1n) is 8.32. The number of aryl methyl sites for hydroxylation is 1. The number of amides is 2. The van der Waals surface area contributed by atoms with Crippen molar-refractivity contribution in [2.75, 3.05) is 11.9 Å². The molecule has 7 heteroatoms. The third-order valence-corrected chi connectivity index (χ3v) is 4.14. The molecule has 2 aromatic carbocycles. The van der Waals surface area contributed by atoms with Crippen LogP contribution < -0.4 is 10.6 Å². The molecule has 3 rings (SSSR count). The quantitative estimate of drug-likeness (QED) is 0.697. The number of hydrogen-bond acceptors (Lipinski definition) is 2. The summed E-state index contributed by atoms with van der Waals surface area (Å²) < 4.78 is 27.9. The fourth-order valence-electron chi connectivity index (χ4n) is 2.77. The summed E-state index contributed by atoms with van der Waals surface area (Å²) in [5.41, 5.74) is 2.66. The minimum Gasteiger partial charge on any atom is -0.337 e. The van der Waals surface area contributed by atoms with E-state index in [4.69, 9.17) is 0 Å². The van der Waals surface area contributed by atoms with Crippen LogP contribution in [0, 0.1) is 6.92 Å². The molecule has 136 valence electrons. The number of urea groups is 1. The number of carbonyl (C=O) groups is 1. The van der Waals surface area contributed by atoms with Crippen LogP contribution in [0.1, 0.15) is 30.8 Å². The van der Waals surface area contributed by atoms with Crippen molar-refractivity contribution < 1.29 is 13.6 Å². The van der Waals surface area contributed by atoms with Gasteiger partial charge in [-0.15, -0.1) is 0 Å². The minimum absolute atomic E-state index is 0.188. The van der Waals surface area contributed by atoms with Crippen molar-refractivity contribution >= 4 is 22.8 Å². The van der Waals surface area contributed by atoms with Gasteiger partial charge in [0, 0.05) is 18.2 Å². The highest BCUT2D eigenvalue weighted by Crippen LogP contribution is 2.27. The Morgan fingerprint density at radius 1 is 1.15 bits per heavy atom. The van der Waals surface area contributed by atoms with E-state index in [0.29, 0.717) is 16.7 Å². The second kappa shape index (κ2) is 7.51. The van der Waals surface area contributed by atoms with E-state index < -0.39 is 6.55 Å². The van der Waals surface area contributed by atoms with Crippen LogP contribution in [-0.4, -0.2) is 22.1 Å². The Balaban J connectivity index is 1.69. The smallest absolute Gasteiger partial charge is 0.320 e. The highest BCUT2D eigenvalue weighted by molar-refractivity contribution is 5.89. The van der Waals surface area contributed by atoms with E-state index in [1.807, 2.05) is 19.1 Å². The average Bonchev–Trinajstić information content (AvgIpc) is 3.01. The number of halogens is 2. The number of para-hydroxylation sites is 2. The van der Waals surface area contributed by atoms with Crippen molar-refractivity contribution in [3.63, 3.8) is 0 Å². The summed E-state index contributed by atoms with van der Waals surface area (Å²) in [6.07, 6.45) is 0. The fourth-order valence-corrected chi connectivity index (χ4v) is 2.77.